The van der Waals surface area contributed by atoms with Crippen molar-refractivity contribution < 1.29 is 9.53 Å². The van der Waals surface area contributed by atoms with Crippen molar-refractivity contribution in [3.05, 3.63) is 48.0 Å². The maximum absolute atomic E-state index is 12.8. The molecule has 108 valence electrons. The molecule has 0 spiro atoms. The van der Waals surface area contributed by atoms with E-state index in [0.717, 1.165) is 16.3 Å². The number of nitrogens with zero attached hydrogens (tertiary/aromatic N) is 1. The highest BCUT2D eigenvalue weighted by atomic mass is 32.2. The van der Waals surface area contributed by atoms with E-state index >= 15 is 0 Å². The van der Waals surface area contributed by atoms with Crippen molar-refractivity contribution in [3.8, 4) is 5.75 Å². The molecule has 0 fully saturated rings. The lowest BCUT2D eigenvalue weighted by Gasteiger charge is -2.29. The van der Waals surface area contributed by atoms with Crippen LogP contribution in [-0.4, -0.2) is 25.3 Å². The van der Waals surface area contributed by atoms with Crippen LogP contribution < -0.4 is 15.4 Å². The molecule has 0 saturated heterocycles. The molecule has 4 nitrogen and oxygen atoms in total. The summed E-state index contributed by atoms with van der Waals surface area (Å²) in [6.07, 6.45) is 0. The second kappa shape index (κ2) is 5.69. The van der Waals surface area contributed by atoms with Crippen LogP contribution in [0.15, 0.2) is 47.4 Å². The third-order valence-electron chi connectivity index (χ3n) is 3.45. The minimum atomic E-state index is -0.0268. The number of anilines is 2. The van der Waals surface area contributed by atoms with Gasteiger partial charge in [-0.05, 0) is 30.3 Å². The largest absolute Gasteiger partial charge is 0.495 e. The van der Waals surface area contributed by atoms with Crippen LogP contribution in [0.4, 0.5) is 11.4 Å². The van der Waals surface area contributed by atoms with Crippen molar-refractivity contribution in [1.82, 2.24) is 0 Å². The second-order valence-corrected chi connectivity index (χ2v) is 5.87. The summed E-state index contributed by atoms with van der Waals surface area (Å²) in [6, 6.07) is 13.1. The number of thioether (sulfide) groups is 1. The molecule has 0 unspecified atom stereocenters. The summed E-state index contributed by atoms with van der Waals surface area (Å²) >= 11 is 1.78. The summed E-state index contributed by atoms with van der Waals surface area (Å²) in [5, 5.41) is 0. The molecule has 21 heavy (non-hydrogen) atoms. The summed E-state index contributed by atoms with van der Waals surface area (Å²) in [4.78, 5) is 15.7. The predicted molar refractivity (Wildman–Crippen MR) is 86.2 cm³/mol. The third kappa shape index (κ3) is 2.56. The number of amides is 1. The Bertz CT molecular complexity index is 688. The number of methoxy groups -OCH3 is 1. The van der Waals surface area contributed by atoms with Crippen LogP contribution >= 0.6 is 11.8 Å². The van der Waals surface area contributed by atoms with E-state index in [9.17, 15) is 4.79 Å². The van der Waals surface area contributed by atoms with E-state index in [-0.39, 0.29) is 5.91 Å². The van der Waals surface area contributed by atoms with Crippen LogP contribution in [0.25, 0.3) is 0 Å². The van der Waals surface area contributed by atoms with Gasteiger partial charge in [-0.15, -0.1) is 11.8 Å². The molecule has 0 aromatic heterocycles. The number of hydrogen-bond donors (Lipinski definition) is 1. The molecule has 1 aliphatic rings. The molecule has 5 heteroatoms. The molecule has 2 aromatic carbocycles. The zero-order valence-electron chi connectivity index (χ0n) is 11.7. The average Bonchev–Trinajstić information content (AvgIpc) is 2.54. The van der Waals surface area contributed by atoms with E-state index in [1.165, 1.54) is 0 Å². The van der Waals surface area contributed by atoms with Crippen molar-refractivity contribution in [1.29, 1.82) is 0 Å². The van der Waals surface area contributed by atoms with Gasteiger partial charge in [-0.1, -0.05) is 12.1 Å². The van der Waals surface area contributed by atoms with E-state index in [1.807, 2.05) is 29.2 Å². The first-order valence-electron chi connectivity index (χ1n) is 6.68. The Morgan fingerprint density at radius 2 is 2.10 bits per heavy atom. The number of para-hydroxylation sites is 1. The van der Waals surface area contributed by atoms with Crippen LogP contribution in [-0.2, 0) is 0 Å². The molecular formula is C16H16N2O2S. The van der Waals surface area contributed by atoms with Crippen LogP contribution in [0, 0.1) is 0 Å². The molecule has 0 saturated carbocycles. The summed E-state index contributed by atoms with van der Waals surface area (Å²) in [6.45, 7) is 0.702. The second-order valence-electron chi connectivity index (χ2n) is 4.73. The molecule has 0 radical (unpaired) electrons. The summed E-state index contributed by atoms with van der Waals surface area (Å²) in [5.74, 6) is 1.40. The van der Waals surface area contributed by atoms with Gasteiger partial charge >= 0.3 is 0 Å². The maximum Gasteiger partial charge on any atom is 0.258 e. The fourth-order valence-electron chi connectivity index (χ4n) is 2.38. The zero-order chi connectivity index (χ0) is 14.8. The molecule has 0 atom stereocenters. The third-order valence-corrected chi connectivity index (χ3v) is 4.50. The SMILES string of the molecule is COc1cc(C(=O)N2CCSc3ccccc32)ccc1N. The van der Waals surface area contributed by atoms with E-state index < -0.39 is 0 Å². The molecule has 2 aromatic rings. The summed E-state index contributed by atoms with van der Waals surface area (Å²) in [7, 11) is 1.55. The van der Waals surface area contributed by atoms with Gasteiger partial charge in [-0.25, -0.2) is 0 Å². The van der Waals surface area contributed by atoms with Crippen molar-refractivity contribution in [2.75, 3.05) is 30.0 Å². The highest BCUT2D eigenvalue weighted by Crippen LogP contribution is 2.35. The first kappa shape index (κ1) is 13.8. The minimum absolute atomic E-state index is 0.0268. The molecular weight excluding hydrogens is 284 g/mol. The topological polar surface area (TPSA) is 55.6 Å². The van der Waals surface area contributed by atoms with Crippen molar-refractivity contribution in [2.24, 2.45) is 0 Å². The molecule has 1 amide bonds. The van der Waals surface area contributed by atoms with Gasteiger partial charge in [0.25, 0.3) is 5.91 Å². The number of benzene rings is 2. The Labute approximate surface area is 127 Å². The van der Waals surface area contributed by atoms with Gasteiger partial charge in [-0.2, -0.15) is 0 Å². The number of carbonyl (C=O) groups is 1. The smallest absolute Gasteiger partial charge is 0.258 e. The number of ether oxygens (including phenoxy) is 1. The van der Waals surface area contributed by atoms with E-state index in [2.05, 4.69) is 0 Å². The molecule has 1 heterocycles. The fraction of sp³-hybridized carbons (Fsp3) is 0.188. The van der Waals surface area contributed by atoms with Crippen molar-refractivity contribution >= 4 is 29.0 Å². The number of rotatable bonds is 2. The quantitative estimate of drug-likeness (QED) is 0.866. The minimum Gasteiger partial charge on any atom is -0.495 e. The van der Waals surface area contributed by atoms with Gasteiger partial charge in [0.2, 0.25) is 0 Å². The Morgan fingerprint density at radius 1 is 1.29 bits per heavy atom. The molecule has 2 N–H and O–H groups in total. The summed E-state index contributed by atoms with van der Waals surface area (Å²) < 4.78 is 5.19. The lowest BCUT2D eigenvalue weighted by molar-refractivity contribution is 0.0987. The van der Waals surface area contributed by atoms with Crippen molar-refractivity contribution in [3.63, 3.8) is 0 Å². The average molecular weight is 300 g/mol. The van der Waals surface area contributed by atoms with Gasteiger partial charge in [0.1, 0.15) is 5.75 Å². The lowest BCUT2D eigenvalue weighted by Crippen LogP contribution is -2.35. The molecule has 0 aliphatic carbocycles. The standard InChI is InChI=1S/C16H16N2O2S/c1-20-14-10-11(6-7-12(14)17)16(19)18-8-9-21-15-5-3-2-4-13(15)18/h2-7,10H,8-9,17H2,1H3. The Hall–Kier alpha value is -2.14. The van der Waals surface area contributed by atoms with Gasteiger partial charge in [0.05, 0.1) is 18.5 Å². The first-order chi connectivity index (χ1) is 10.2. The molecule has 3 rings (SSSR count). The number of fused-ring (bicyclic) bond motifs is 1. The van der Waals surface area contributed by atoms with E-state index in [4.69, 9.17) is 10.5 Å². The molecule has 1 aliphatic heterocycles. The van der Waals surface area contributed by atoms with Gasteiger partial charge in [0.15, 0.2) is 0 Å². The number of hydrogen-bond acceptors (Lipinski definition) is 4. The van der Waals surface area contributed by atoms with Crippen molar-refractivity contribution in [2.45, 2.75) is 4.90 Å². The van der Waals surface area contributed by atoms with Crippen LogP contribution in [0.1, 0.15) is 10.4 Å². The van der Waals surface area contributed by atoms with Crippen LogP contribution in [0.2, 0.25) is 0 Å². The van der Waals surface area contributed by atoms with Crippen LogP contribution in [0.3, 0.4) is 0 Å². The highest BCUT2D eigenvalue weighted by molar-refractivity contribution is 7.99. The van der Waals surface area contributed by atoms with Gasteiger partial charge in [0, 0.05) is 22.8 Å². The van der Waals surface area contributed by atoms with Crippen LogP contribution in [0.5, 0.6) is 5.75 Å². The normalized spacial score (nSPS) is 13.7. The monoisotopic (exact) mass is 300 g/mol. The Balaban J connectivity index is 1.96. The highest BCUT2D eigenvalue weighted by Gasteiger charge is 2.24. The number of nitrogen functional groups attached to an aromatic ring is 1. The van der Waals surface area contributed by atoms with E-state index in [0.29, 0.717) is 23.5 Å². The zero-order valence-corrected chi connectivity index (χ0v) is 12.5. The van der Waals surface area contributed by atoms with Gasteiger partial charge in [-0.3, -0.25) is 4.79 Å². The number of nitrogens with two attached hydrogens (primary N) is 1. The molecule has 0 bridgehead atoms. The first-order valence-corrected chi connectivity index (χ1v) is 7.66. The predicted octanol–water partition coefficient (Wildman–Crippen LogP) is 3.03. The fourth-order valence-corrected chi connectivity index (χ4v) is 3.38. The van der Waals surface area contributed by atoms with E-state index in [1.54, 1.807) is 37.1 Å². The maximum atomic E-state index is 12.8. The van der Waals surface area contributed by atoms with Gasteiger partial charge < -0.3 is 15.4 Å². The number of carbonyl (C=O) groups excluding carboxylic acids is 1. The summed E-state index contributed by atoms with van der Waals surface area (Å²) in [5.41, 5.74) is 7.89. The lowest BCUT2D eigenvalue weighted by atomic mass is 10.1. The Morgan fingerprint density at radius 3 is 2.90 bits per heavy atom. The Kier molecular flexibility index (Phi) is 3.75.